The van der Waals surface area contributed by atoms with Crippen molar-refractivity contribution in [3.8, 4) is 0 Å². The first-order chi connectivity index (χ1) is 40.2. The molecule has 0 aliphatic heterocycles. The van der Waals surface area contributed by atoms with E-state index in [4.69, 9.17) is 0 Å². The molecule has 0 radical (unpaired) electrons. The van der Waals surface area contributed by atoms with Crippen LogP contribution in [0.2, 0.25) is 0 Å². The maximum absolute atomic E-state index is 12.5. The van der Waals surface area contributed by atoms with Crippen LogP contribution in [0.4, 0.5) is 0 Å². The topological polar surface area (TPSA) is 69.6 Å². The van der Waals surface area contributed by atoms with Crippen molar-refractivity contribution in [3.05, 3.63) is 48.6 Å². The van der Waals surface area contributed by atoms with Gasteiger partial charge in [0.25, 0.3) is 0 Å². The predicted octanol–water partition coefficient (Wildman–Crippen LogP) is 25.7. The molecule has 0 aromatic rings. The van der Waals surface area contributed by atoms with E-state index in [-0.39, 0.29) is 12.5 Å². The summed E-state index contributed by atoms with van der Waals surface area (Å²) in [6, 6.07) is -0.647. The Hall–Kier alpha value is -1.65. The Bertz CT molecular complexity index is 1290. The highest BCUT2D eigenvalue weighted by Crippen LogP contribution is 2.19. The molecule has 0 saturated carbocycles. The molecule has 0 bridgehead atoms. The smallest absolute Gasteiger partial charge is 0.220 e. The molecule has 4 heteroatoms. The summed E-state index contributed by atoms with van der Waals surface area (Å²) < 4.78 is 0. The van der Waals surface area contributed by atoms with Gasteiger partial charge in [-0.15, -0.1) is 0 Å². The van der Waals surface area contributed by atoms with Crippen molar-refractivity contribution >= 4 is 5.91 Å². The van der Waals surface area contributed by atoms with E-state index < -0.39 is 12.1 Å². The number of allylic oxidation sites excluding steroid dienone is 7. The zero-order valence-corrected chi connectivity index (χ0v) is 55.3. The van der Waals surface area contributed by atoms with Crippen LogP contribution in [0.15, 0.2) is 48.6 Å². The van der Waals surface area contributed by atoms with Crippen molar-refractivity contribution in [3.63, 3.8) is 0 Å². The van der Waals surface area contributed by atoms with E-state index in [0.717, 1.165) is 38.5 Å². The van der Waals surface area contributed by atoms with Gasteiger partial charge in [0.2, 0.25) is 5.91 Å². The van der Waals surface area contributed by atoms with Gasteiger partial charge in [0.05, 0.1) is 18.8 Å². The summed E-state index contributed by atoms with van der Waals surface area (Å²) in [5, 5.41) is 23.3. The molecule has 1 amide bonds. The molecule has 2 atom stereocenters. The third-order valence-corrected chi connectivity index (χ3v) is 17.5. The van der Waals surface area contributed by atoms with Gasteiger partial charge in [-0.25, -0.2) is 0 Å². The third-order valence-electron chi connectivity index (χ3n) is 17.5. The SMILES string of the molecule is CCCCCCCCCC/C=C\CCCCCCCCCCCCCCCCCCCCCCCCCCCC(=O)NC(CO)C(O)/C=C/CC/C=C/CC/C=C/CCCCCCCCCCCCCCCCCCCCCCCC. The van der Waals surface area contributed by atoms with Crippen LogP contribution in [0.1, 0.15) is 418 Å². The van der Waals surface area contributed by atoms with Gasteiger partial charge in [-0.05, 0) is 70.6 Å². The lowest BCUT2D eigenvalue weighted by atomic mass is 10.0. The molecule has 4 nitrogen and oxygen atoms in total. The molecule has 0 spiro atoms. The lowest BCUT2D eigenvalue weighted by Gasteiger charge is -2.19. The van der Waals surface area contributed by atoms with Gasteiger partial charge in [-0.3, -0.25) is 4.79 Å². The molecule has 0 saturated heterocycles. The third kappa shape index (κ3) is 69.0. The maximum Gasteiger partial charge on any atom is 0.220 e. The minimum Gasteiger partial charge on any atom is -0.394 e. The zero-order valence-electron chi connectivity index (χ0n) is 55.3. The van der Waals surface area contributed by atoms with E-state index in [1.807, 2.05) is 6.08 Å². The van der Waals surface area contributed by atoms with E-state index >= 15 is 0 Å². The predicted molar refractivity (Wildman–Crippen MR) is 364 cm³/mol. The quantitative estimate of drug-likeness (QED) is 0.0420. The fourth-order valence-electron chi connectivity index (χ4n) is 11.9. The maximum atomic E-state index is 12.5. The van der Waals surface area contributed by atoms with Crippen LogP contribution in [0.25, 0.3) is 0 Å². The minimum atomic E-state index is -0.872. The summed E-state index contributed by atoms with van der Waals surface area (Å²) in [5.74, 6) is -0.0698. The van der Waals surface area contributed by atoms with Crippen LogP contribution in [0.5, 0.6) is 0 Å². The highest BCUT2D eigenvalue weighted by Gasteiger charge is 2.18. The van der Waals surface area contributed by atoms with E-state index in [0.29, 0.717) is 6.42 Å². The Balaban J connectivity index is 3.45. The Morgan fingerprint density at radius 1 is 0.284 bits per heavy atom. The Kier molecular flexibility index (Phi) is 71.1. The van der Waals surface area contributed by atoms with Crippen molar-refractivity contribution in [2.24, 2.45) is 0 Å². The number of nitrogens with one attached hydrogen (secondary N) is 1. The van der Waals surface area contributed by atoms with E-state index in [9.17, 15) is 15.0 Å². The molecule has 2 unspecified atom stereocenters. The Morgan fingerprint density at radius 2 is 0.481 bits per heavy atom. The number of carbonyl (C=O) groups is 1. The second-order valence-corrected chi connectivity index (χ2v) is 25.7. The van der Waals surface area contributed by atoms with Gasteiger partial charge < -0.3 is 15.5 Å². The molecule has 0 heterocycles. The lowest BCUT2D eigenvalue weighted by molar-refractivity contribution is -0.123. The lowest BCUT2D eigenvalue weighted by Crippen LogP contribution is -2.45. The van der Waals surface area contributed by atoms with E-state index in [1.54, 1.807) is 6.08 Å². The van der Waals surface area contributed by atoms with Crippen LogP contribution in [0, 0.1) is 0 Å². The van der Waals surface area contributed by atoms with Crippen LogP contribution in [-0.4, -0.2) is 34.9 Å². The molecule has 0 aromatic carbocycles. The van der Waals surface area contributed by atoms with Gasteiger partial charge in [0.15, 0.2) is 0 Å². The molecule has 0 aromatic heterocycles. The highest BCUT2D eigenvalue weighted by atomic mass is 16.3. The monoisotopic (exact) mass is 1130 g/mol. The first-order valence-electron chi connectivity index (χ1n) is 37.4. The number of hydrogen-bond acceptors (Lipinski definition) is 3. The summed E-state index contributed by atoms with van der Waals surface area (Å²) in [6.45, 7) is 4.34. The van der Waals surface area contributed by atoms with Gasteiger partial charge in [-0.1, -0.05) is 390 Å². The van der Waals surface area contributed by atoms with Crippen LogP contribution in [-0.2, 0) is 4.79 Å². The van der Waals surface area contributed by atoms with E-state index in [2.05, 4.69) is 55.6 Å². The first kappa shape index (κ1) is 79.3. The van der Waals surface area contributed by atoms with Gasteiger partial charge >= 0.3 is 0 Å². The molecule has 81 heavy (non-hydrogen) atoms. The number of amides is 1. The van der Waals surface area contributed by atoms with Crippen molar-refractivity contribution in [2.75, 3.05) is 6.61 Å². The fourth-order valence-corrected chi connectivity index (χ4v) is 11.9. The Labute approximate surface area is 509 Å². The van der Waals surface area contributed by atoms with E-state index in [1.165, 1.54) is 360 Å². The number of aliphatic hydroxyl groups excluding tert-OH is 2. The second kappa shape index (κ2) is 72.6. The van der Waals surface area contributed by atoms with Crippen LogP contribution >= 0.6 is 0 Å². The number of hydrogen-bond donors (Lipinski definition) is 3. The molecule has 0 rings (SSSR count). The number of unbranched alkanes of at least 4 members (excludes halogenated alkanes) is 57. The average molecular weight is 1140 g/mol. The number of carbonyl (C=O) groups excluding carboxylic acids is 1. The molecule has 3 N–H and O–H groups in total. The largest absolute Gasteiger partial charge is 0.394 e. The van der Waals surface area contributed by atoms with Gasteiger partial charge in [-0.2, -0.15) is 0 Å². The zero-order chi connectivity index (χ0) is 58.4. The molecule has 0 aliphatic carbocycles. The van der Waals surface area contributed by atoms with Crippen molar-refractivity contribution in [1.82, 2.24) is 5.32 Å². The fraction of sp³-hybridized carbons (Fsp3) is 0.883. The molecule has 0 fully saturated rings. The summed E-state index contributed by atoms with van der Waals surface area (Å²) in [7, 11) is 0. The Morgan fingerprint density at radius 3 is 0.716 bits per heavy atom. The standard InChI is InChI=1S/C77H147NO3/c1-3-5-7-9-11-13-15-17-19-21-23-25-27-29-31-33-35-37-38-39-40-41-43-45-47-49-51-53-55-57-59-61-63-65-67-69-71-73-77(81)78-75(74-79)76(80)72-70-68-66-64-62-60-58-56-54-52-50-48-46-44-42-36-34-32-30-28-26-24-22-20-18-16-14-12-10-8-6-4-2/h21,23,54,56,62,64,70,72,75-76,79-80H,3-20,22,24-53,55,57-61,63,65-69,71,73-74H2,1-2H3,(H,78,81)/b23-21-,56-54+,64-62+,72-70+. The number of rotatable bonds is 70. The van der Waals surface area contributed by atoms with Crippen molar-refractivity contribution < 1.29 is 15.0 Å². The highest BCUT2D eigenvalue weighted by molar-refractivity contribution is 5.76. The second-order valence-electron chi connectivity index (χ2n) is 25.7. The molecule has 478 valence electrons. The molecular formula is C77H147NO3. The van der Waals surface area contributed by atoms with Gasteiger partial charge in [0, 0.05) is 6.42 Å². The summed E-state index contributed by atoms with van der Waals surface area (Å²) in [5.41, 5.74) is 0. The van der Waals surface area contributed by atoms with Crippen LogP contribution < -0.4 is 5.32 Å². The number of aliphatic hydroxyl groups is 2. The summed E-state index contributed by atoms with van der Waals surface area (Å²) in [4.78, 5) is 12.5. The molecule has 0 aliphatic rings. The summed E-state index contributed by atoms with van der Waals surface area (Å²) >= 11 is 0. The van der Waals surface area contributed by atoms with Gasteiger partial charge in [0.1, 0.15) is 0 Å². The molecular weight excluding hydrogens is 987 g/mol. The van der Waals surface area contributed by atoms with Crippen molar-refractivity contribution in [1.29, 1.82) is 0 Å². The van der Waals surface area contributed by atoms with Crippen LogP contribution in [0.3, 0.4) is 0 Å². The average Bonchev–Trinajstić information content (AvgIpc) is 3.47. The first-order valence-corrected chi connectivity index (χ1v) is 37.4. The minimum absolute atomic E-state index is 0.0698. The summed E-state index contributed by atoms with van der Waals surface area (Å²) in [6.07, 6.45) is 102. The normalized spacial score (nSPS) is 12.9. The van der Waals surface area contributed by atoms with Crippen molar-refractivity contribution in [2.45, 2.75) is 431 Å².